The van der Waals surface area contributed by atoms with E-state index >= 15 is 0 Å². The quantitative estimate of drug-likeness (QED) is 0.412. The molecule has 0 aliphatic carbocycles. The second kappa shape index (κ2) is 9.68. The standard InChI is InChI=1S/C21H22ClN5O4S/c1-31-17-3-2-4-18-19(17)24-21(32-18)26-11-9-25(10-12-26)8-7-23-20(28)15-13-14(22)5-6-16(15)27(29)30/h2-6,13H,7-12H2,1H3,(H,23,28). The van der Waals surface area contributed by atoms with Crippen molar-refractivity contribution in [2.45, 2.75) is 0 Å². The first-order valence-corrected chi connectivity index (χ1v) is 11.3. The van der Waals surface area contributed by atoms with Gasteiger partial charge in [-0.2, -0.15) is 0 Å². The van der Waals surface area contributed by atoms with Gasteiger partial charge in [0.15, 0.2) is 5.13 Å². The summed E-state index contributed by atoms with van der Waals surface area (Å²) < 4.78 is 6.50. The van der Waals surface area contributed by atoms with Gasteiger partial charge < -0.3 is 15.0 Å². The highest BCUT2D eigenvalue weighted by atomic mass is 35.5. The fourth-order valence-electron chi connectivity index (χ4n) is 3.65. The lowest BCUT2D eigenvalue weighted by atomic mass is 10.1. The number of carbonyl (C=O) groups is 1. The van der Waals surface area contributed by atoms with Crippen molar-refractivity contribution in [2.24, 2.45) is 0 Å². The van der Waals surface area contributed by atoms with Gasteiger partial charge in [-0.25, -0.2) is 4.98 Å². The lowest BCUT2D eigenvalue weighted by Gasteiger charge is -2.34. The van der Waals surface area contributed by atoms with E-state index in [1.807, 2.05) is 18.2 Å². The molecule has 1 aromatic heterocycles. The van der Waals surface area contributed by atoms with Gasteiger partial charge in [-0.15, -0.1) is 0 Å². The van der Waals surface area contributed by atoms with Crippen molar-refractivity contribution in [3.8, 4) is 5.75 Å². The molecule has 1 N–H and O–H groups in total. The third-order valence-corrected chi connectivity index (χ3v) is 6.66. The minimum atomic E-state index is -0.581. The number of para-hydroxylation sites is 1. The molecule has 3 aromatic rings. The highest BCUT2D eigenvalue weighted by Gasteiger charge is 2.22. The fraction of sp³-hybridized carbons (Fsp3) is 0.333. The molecule has 168 valence electrons. The molecule has 2 heterocycles. The van der Waals surface area contributed by atoms with E-state index in [-0.39, 0.29) is 16.3 Å². The Hall–Kier alpha value is -2.95. The number of nitrogens with zero attached hydrogens (tertiary/aromatic N) is 4. The van der Waals surface area contributed by atoms with E-state index < -0.39 is 10.8 Å². The molecule has 1 aliphatic heterocycles. The first kappa shape index (κ1) is 22.3. The van der Waals surface area contributed by atoms with Crippen LogP contribution in [0, 0.1) is 10.1 Å². The number of anilines is 1. The molecule has 4 rings (SSSR count). The van der Waals surface area contributed by atoms with E-state index in [1.54, 1.807) is 18.4 Å². The smallest absolute Gasteiger partial charge is 0.282 e. The summed E-state index contributed by atoms with van der Waals surface area (Å²) in [5.74, 6) is 0.278. The summed E-state index contributed by atoms with van der Waals surface area (Å²) in [6, 6.07) is 9.89. The SMILES string of the molecule is COc1cccc2sc(N3CCN(CCNC(=O)c4cc(Cl)ccc4[N+](=O)[O-])CC3)nc12. The number of nitro benzene ring substituents is 1. The molecule has 9 nitrogen and oxygen atoms in total. The minimum Gasteiger partial charge on any atom is -0.494 e. The minimum absolute atomic E-state index is 0.0291. The molecule has 0 atom stereocenters. The van der Waals surface area contributed by atoms with Crippen molar-refractivity contribution < 1.29 is 14.5 Å². The molecule has 2 aromatic carbocycles. The van der Waals surface area contributed by atoms with Gasteiger partial charge in [0.05, 0.1) is 16.7 Å². The Labute approximate surface area is 193 Å². The Morgan fingerprint density at radius 2 is 2.06 bits per heavy atom. The Morgan fingerprint density at radius 3 is 2.78 bits per heavy atom. The number of nitrogens with one attached hydrogen (secondary N) is 1. The Morgan fingerprint density at radius 1 is 1.28 bits per heavy atom. The number of piperazine rings is 1. The largest absolute Gasteiger partial charge is 0.494 e. The summed E-state index contributed by atoms with van der Waals surface area (Å²) in [5.41, 5.74) is 0.599. The molecule has 11 heteroatoms. The number of hydrogen-bond donors (Lipinski definition) is 1. The average Bonchev–Trinajstić information content (AvgIpc) is 3.23. The Bertz CT molecular complexity index is 1150. The predicted octanol–water partition coefficient (Wildman–Crippen LogP) is 3.42. The van der Waals surface area contributed by atoms with Gasteiger partial charge in [-0.3, -0.25) is 19.8 Å². The maximum atomic E-state index is 12.4. The van der Waals surface area contributed by atoms with Crippen LogP contribution in [-0.2, 0) is 0 Å². The summed E-state index contributed by atoms with van der Waals surface area (Å²) in [4.78, 5) is 32.3. The molecule has 1 amide bonds. The first-order chi connectivity index (χ1) is 15.5. The molecule has 0 spiro atoms. The number of nitro groups is 1. The zero-order valence-corrected chi connectivity index (χ0v) is 19.0. The van der Waals surface area contributed by atoms with Crippen molar-refractivity contribution in [2.75, 3.05) is 51.3 Å². The van der Waals surface area contributed by atoms with Crippen LogP contribution >= 0.6 is 22.9 Å². The molecular weight excluding hydrogens is 454 g/mol. The first-order valence-electron chi connectivity index (χ1n) is 10.1. The van der Waals surface area contributed by atoms with Gasteiger partial charge in [0, 0.05) is 50.4 Å². The van der Waals surface area contributed by atoms with Crippen LogP contribution in [0.3, 0.4) is 0 Å². The summed E-state index contributed by atoms with van der Waals surface area (Å²) in [6.45, 7) is 4.37. The molecule has 1 fully saturated rings. The maximum Gasteiger partial charge on any atom is 0.282 e. The summed E-state index contributed by atoms with van der Waals surface area (Å²) >= 11 is 7.55. The maximum absolute atomic E-state index is 12.4. The van der Waals surface area contributed by atoms with Crippen LogP contribution < -0.4 is 15.0 Å². The van der Waals surface area contributed by atoms with E-state index in [9.17, 15) is 14.9 Å². The van der Waals surface area contributed by atoms with E-state index in [4.69, 9.17) is 21.3 Å². The van der Waals surface area contributed by atoms with Crippen LogP contribution in [0.2, 0.25) is 5.02 Å². The molecule has 0 bridgehead atoms. The second-order valence-corrected chi connectivity index (χ2v) is 8.75. The van der Waals surface area contributed by atoms with Gasteiger partial charge >= 0.3 is 0 Å². The number of amides is 1. The zero-order valence-electron chi connectivity index (χ0n) is 17.4. The van der Waals surface area contributed by atoms with Crippen LogP contribution in [0.1, 0.15) is 10.4 Å². The number of methoxy groups -OCH3 is 1. The van der Waals surface area contributed by atoms with Crippen molar-refractivity contribution in [3.63, 3.8) is 0 Å². The number of halogens is 1. The summed E-state index contributed by atoms with van der Waals surface area (Å²) in [7, 11) is 1.65. The van der Waals surface area contributed by atoms with Crippen LogP contribution in [0.5, 0.6) is 5.75 Å². The lowest BCUT2D eigenvalue weighted by molar-refractivity contribution is -0.385. The Balaban J connectivity index is 1.29. The van der Waals surface area contributed by atoms with Gasteiger partial charge in [0.1, 0.15) is 16.8 Å². The summed E-state index contributed by atoms with van der Waals surface area (Å²) in [5, 5.41) is 15.2. The number of thiazole rings is 1. The topological polar surface area (TPSA) is 101 Å². The van der Waals surface area contributed by atoms with E-state index in [1.165, 1.54) is 18.2 Å². The number of carbonyl (C=O) groups excluding carboxylic acids is 1. The van der Waals surface area contributed by atoms with Crippen molar-refractivity contribution in [3.05, 3.63) is 57.1 Å². The molecule has 0 radical (unpaired) electrons. The predicted molar refractivity (Wildman–Crippen MR) is 125 cm³/mol. The fourth-order valence-corrected chi connectivity index (χ4v) is 4.85. The van der Waals surface area contributed by atoms with Crippen molar-refractivity contribution in [1.82, 2.24) is 15.2 Å². The van der Waals surface area contributed by atoms with Crippen LogP contribution in [0.25, 0.3) is 10.2 Å². The normalized spacial score (nSPS) is 14.5. The van der Waals surface area contributed by atoms with E-state index in [0.717, 1.165) is 47.3 Å². The third kappa shape index (κ3) is 4.77. The number of hydrogen-bond acceptors (Lipinski definition) is 8. The highest BCUT2D eigenvalue weighted by Crippen LogP contribution is 2.34. The number of benzene rings is 2. The molecule has 0 unspecified atom stereocenters. The van der Waals surface area contributed by atoms with Gasteiger partial charge in [0.2, 0.25) is 0 Å². The molecule has 0 saturated carbocycles. The molecule has 32 heavy (non-hydrogen) atoms. The zero-order chi connectivity index (χ0) is 22.7. The van der Waals surface area contributed by atoms with Crippen molar-refractivity contribution in [1.29, 1.82) is 0 Å². The number of rotatable bonds is 7. The van der Waals surface area contributed by atoms with E-state index in [2.05, 4.69) is 15.1 Å². The third-order valence-electron chi connectivity index (χ3n) is 5.35. The Kier molecular flexibility index (Phi) is 6.73. The van der Waals surface area contributed by atoms with Gasteiger partial charge in [-0.1, -0.05) is 29.0 Å². The average molecular weight is 476 g/mol. The lowest BCUT2D eigenvalue weighted by Crippen LogP contribution is -2.48. The number of ether oxygens (including phenoxy) is 1. The van der Waals surface area contributed by atoms with Crippen molar-refractivity contribution >= 4 is 49.9 Å². The molecule has 1 aliphatic rings. The van der Waals surface area contributed by atoms with Crippen LogP contribution in [-0.4, -0.2) is 67.1 Å². The van der Waals surface area contributed by atoms with Crippen LogP contribution in [0.4, 0.5) is 10.8 Å². The number of aromatic nitrogens is 1. The molecular formula is C21H22ClN5O4S. The number of fused-ring (bicyclic) bond motifs is 1. The highest BCUT2D eigenvalue weighted by molar-refractivity contribution is 7.22. The monoisotopic (exact) mass is 475 g/mol. The summed E-state index contributed by atoms with van der Waals surface area (Å²) in [6.07, 6.45) is 0. The van der Waals surface area contributed by atoms with Crippen LogP contribution in [0.15, 0.2) is 36.4 Å². The molecule has 1 saturated heterocycles. The van der Waals surface area contributed by atoms with Gasteiger partial charge in [0.25, 0.3) is 11.6 Å². The second-order valence-electron chi connectivity index (χ2n) is 7.31. The van der Waals surface area contributed by atoms with E-state index in [0.29, 0.717) is 13.1 Å². The van der Waals surface area contributed by atoms with Gasteiger partial charge in [-0.05, 0) is 24.3 Å².